The smallest absolute Gasteiger partial charge is 0.240 e. The van der Waals surface area contributed by atoms with Crippen molar-refractivity contribution in [2.45, 2.75) is 37.7 Å². The summed E-state index contributed by atoms with van der Waals surface area (Å²) in [6, 6.07) is 4.72. The van der Waals surface area contributed by atoms with E-state index < -0.39 is 15.6 Å². The third kappa shape index (κ3) is 3.61. The monoisotopic (exact) mass is 312 g/mol. The highest BCUT2D eigenvalue weighted by molar-refractivity contribution is 7.89. The molecule has 1 heterocycles. The Labute approximate surface area is 124 Å². The highest BCUT2D eigenvalue weighted by atomic mass is 32.2. The molecule has 0 saturated heterocycles. The average Bonchev–Trinajstić information content (AvgIpc) is 2.78. The minimum Gasteiger partial charge on any atom is -0.389 e. The zero-order valence-electron chi connectivity index (χ0n) is 12.4. The van der Waals surface area contributed by atoms with E-state index in [1.807, 2.05) is 0 Å². The number of rotatable bonds is 4. The molecule has 0 bridgehead atoms. The summed E-state index contributed by atoms with van der Waals surface area (Å²) in [5.74, 6) is -0.0514. The van der Waals surface area contributed by atoms with Crippen molar-refractivity contribution < 1.29 is 18.3 Å². The van der Waals surface area contributed by atoms with Gasteiger partial charge in [-0.25, -0.2) is 13.1 Å². The van der Waals surface area contributed by atoms with Gasteiger partial charge in [-0.2, -0.15) is 0 Å². The quantitative estimate of drug-likeness (QED) is 0.854. The molecule has 7 heteroatoms. The molecule has 2 rings (SSSR count). The molecule has 0 spiro atoms. The third-order valence-electron chi connectivity index (χ3n) is 3.33. The summed E-state index contributed by atoms with van der Waals surface area (Å²) in [6.45, 7) is 5.06. The van der Waals surface area contributed by atoms with E-state index in [0.29, 0.717) is 13.0 Å². The lowest BCUT2D eigenvalue weighted by molar-refractivity contribution is -0.116. The van der Waals surface area contributed by atoms with Crippen molar-refractivity contribution in [2.24, 2.45) is 0 Å². The van der Waals surface area contributed by atoms with E-state index >= 15 is 0 Å². The van der Waals surface area contributed by atoms with Crippen LogP contribution in [0.2, 0.25) is 0 Å². The Balaban J connectivity index is 2.25. The van der Waals surface area contributed by atoms with Crippen LogP contribution in [-0.2, 0) is 21.2 Å². The number of nitrogens with zero attached hydrogens (tertiary/aromatic N) is 1. The lowest BCUT2D eigenvalue weighted by Crippen LogP contribution is -2.38. The van der Waals surface area contributed by atoms with Crippen LogP contribution in [0, 0.1) is 0 Å². The molecule has 0 aliphatic carbocycles. The lowest BCUT2D eigenvalue weighted by atomic mass is 10.1. The topological polar surface area (TPSA) is 86.7 Å². The van der Waals surface area contributed by atoms with Gasteiger partial charge >= 0.3 is 0 Å². The van der Waals surface area contributed by atoms with Gasteiger partial charge in [0.1, 0.15) is 0 Å². The summed E-state index contributed by atoms with van der Waals surface area (Å²) < 4.78 is 26.8. The molecule has 21 heavy (non-hydrogen) atoms. The third-order valence-corrected chi connectivity index (χ3v) is 4.73. The van der Waals surface area contributed by atoms with E-state index in [0.717, 1.165) is 11.3 Å². The number of amides is 1. The van der Waals surface area contributed by atoms with Gasteiger partial charge in [-0.3, -0.25) is 4.79 Å². The standard InChI is InChI=1S/C14H20N2O4S/c1-10(17)16-7-6-11-8-12(4-5-13(11)16)21(19,20)15-9-14(2,3)18/h4-5,8,15,18H,6-7,9H2,1-3H3. The largest absolute Gasteiger partial charge is 0.389 e. The van der Waals surface area contributed by atoms with Crippen molar-refractivity contribution in [1.82, 2.24) is 4.72 Å². The summed E-state index contributed by atoms with van der Waals surface area (Å²) in [5, 5.41) is 9.61. The van der Waals surface area contributed by atoms with Crippen molar-refractivity contribution >= 4 is 21.6 Å². The number of nitrogens with one attached hydrogen (secondary N) is 1. The molecule has 0 unspecified atom stereocenters. The van der Waals surface area contributed by atoms with Gasteiger partial charge in [-0.15, -0.1) is 0 Å². The first-order valence-electron chi connectivity index (χ1n) is 6.73. The van der Waals surface area contributed by atoms with Crippen molar-refractivity contribution in [1.29, 1.82) is 0 Å². The van der Waals surface area contributed by atoms with Crippen LogP contribution in [0.3, 0.4) is 0 Å². The first-order valence-corrected chi connectivity index (χ1v) is 8.21. The maximum Gasteiger partial charge on any atom is 0.240 e. The molecule has 2 N–H and O–H groups in total. The molecular formula is C14H20N2O4S. The lowest BCUT2D eigenvalue weighted by Gasteiger charge is -2.18. The second kappa shape index (κ2) is 5.40. The molecule has 1 aliphatic heterocycles. The highest BCUT2D eigenvalue weighted by Crippen LogP contribution is 2.30. The number of sulfonamides is 1. The maximum atomic E-state index is 12.2. The average molecular weight is 312 g/mol. The number of aliphatic hydroxyl groups is 1. The van der Waals surface area contributed by atoms with Crippen LogP contribution < -0.4 is 9.62 Å². The number of fused-ring (bicyclic) bond motifs is 1. The molecule has 116 valence electrons. The highest BCUT2D eigenvalue weighted by Gasteiger charge is 2.25. The summed E-state index contributed by atoms with van der Waals surface area (Å²) in [6.07, 6.45) is 0.643. The van der Waals surface area contributed by atoms with Crippen LogP contribution in [0.5, 0.6) is 0 Å². The molecule has 1 aromatic rings. The second-order valence-electron chi connectivity index (χ2n) is 5.85. The molecule has 1 aliphatic rings. The summed E-state index contributed by atoms with van der Waals surface area (Å²) in [4.78, 5) is 13.3. The van der Waals surface area contributed by atoms with E-state index in [-0.39, 0.29) is 17.3 Å². The molecule has 1 aromatic carbocycles. The fourth-order valence-corrected chi connectivity index (χ4v) is 3.48. The molecule has 6 nitrogen and oxygen atoms in total. The molecule has 1 amide bonds. The van der Waals surface area contributed by atoms with Crippen molar-refractivity contribution in [2.75, 3.05) is 18.0 Å². The SMILES string of the molecule is CC(=O)N1CCc2cc(S(=O)(=O)NCC(C)(C)O)ccc21. The molecular weight excluding hydrogens is 292 g/mol. The Kier molecular flexibility index (Phi) is 4.10. The minimum atomic E-state index is -3.67. The fourth-order valence-electron chi connectivity index (χ4n) is 2.23. The van der Waals surface area contributed by atoms with Crippen LogP contribution in [0.1, 0.15) is 26.3 Å². The van der Waals surface area contributed by atoms with Crippen molar-refractivity contribution in [3.63, 3.8) is 0 Å². The van der Waals surface area contributed by atoms with Crippen LogP contribution in [-0.4, -0.2) is 38.1 Å². The zero-order valence-corrected chi connectivity index (χ0v) is 13.2. The van der Waals surface area contributed by atoms with Gasteiger partial charge in [0.05, 0.1) is 10.5 Å². The number of carbonyl (C=O) groups excluding carboxylic acids is 1. The van der Waals surface area contributed by atoms with Crippen LogP contribution in [0.15, 0.2) is 23.1 Å². The number of anilines is 1. The van der Waals surface area contributed by atoms with Crippen LogP contribution >= 0.6 is 0 Å². The summed E-state index contributed by atoms with van der Waals surface area (Å²) in [7, 11) is -3.67. The molecule has 0 fully saturated rings. The predicted molar refractivity (Wildman–Crippen MR) is 79.7 cm³/mol. The predicted octanol–water partition coefficient (Wildman–Crippen LogP) is 0.645. The minimum absolute atomic E-state index is 0.0514. The normalized spacial score (nSPS) is 15.1. The zero-order chi connectivity index (χ0) is 15.8. The van der Waals surface area contributed by atoms with Crippen LogP contribution in [0.4, 0.5) is 5.69 Å². The van der Waals surface area contributed by atoms with Gasteiger partial charge in [0.2, 0.25) is 15.9 Å². The van der Waals surface area contributed by atoms with Gasteiger partial charge in [0, 0.05) is 25.7 Å². The number of benzene rings is 1. The number of carbonyl (C=O) groups is 1. The van der Waals surface area contributed by atoms with E-state index in [1.165, 1.54) is 26.8 Å². The van der Waals surface area contributed by atoms with Gasteiger partial charge < -0.3 is 10.0 Å². The first kappa shape index (κ1) is 15.9. The Hall–Kier alpha value is -1.44. The summed E-state index contributed by atoms with van der Waals surface area (Å²) >= 11 is 0. The van der Waals surface area contributed by atoms with Gasteiger partial charge in [-0.1, -0.05) is 0 Å². The van der Waals surface area contributed by atoms with Gasteiger partial charge in [0.15, 0.2) is 0 Å². The number of hydrogen-bond acceptors (Lipinski definition) is 4. The molecule has 0 saturated carbocycles. The van der Waals surface area contributed by atoms with Gasteiger partial charge in [-0.05, 0) is 44.0 Å². The second-order valence-corrected chi connectivity index (χ2v) is 7.62. The Morgan fingerprint density at radius 1 is 1.43 bits per heavy atom. The van der Waals surface area contributed by atoms with Crippen molar-refractivity contribution in [3.05, 3.63) is 23.8 Å². The van der Waals surface area contributed by atoms with Crippen LogP contribution in [0.25, 0.3) is 0 Å². The van der Waals surface area contributed by atoms with E-state index in [1.54, 1.807) is 17.0 Å². The van der Waals surface area contributed by atoms with E-state index in [9.17, 15) is 18.3 Å². The Morgan fingerprint density at radius 3 is 2.67 bits per heavy atom. The fraction of sp³-hybridized carbons (Fsp3) is 0.500. The van der Waals surface area contributed by atoms with Gasteiger partial charge in [0.25, 0.3) is 0 Å². The molecule has 0 aromatic heterocycles. The maximum absolute atomic E-state index is 12.2. The summed E-state index contributed by atoms with van der Waals surface area (Å²) in [5.41, 5.74) is 0.496. The first-order chi connectivity index (χ1) is 9.60. The van der Waals surface area contributed by atoms with E-state index in [4.69, 9.17) is 0 Å². The van der Waals surface area contributed by atoms with E-state index in [2.05, 4.69) is 4.72 Å². The Bertz CT molecular complexity index is 662. The molecule has 0 radical (unpaired) electrons. The molecule has 0 atom stereocenters. The Morgan fingerprint density at radius 2 is 2.10 bits per heavy atom. The number of hydrogen-bond donors (Lipinski definition) is 2. The van der Waals surface area contributed by atoms with Crippen molar-refractivity contribution in [3.8, 4) is 0 Å².